The maximum atomic E-state index is 12.2. The van der Waals surface area contributed by atoms with Crippen LogP contribution in [0.15, 0.2) is 24.4 Å². The van der Waals surface area contributed by atoms with Gasteiger partial charge in [-0.1, -0.05) is 12.1 Å². The summed E-state index contributed by atoms with van der Waals surface area (Å²) >= 11 is 0. The van der Waals surface area contributed by atoms with Gasteiger partial charge in [0.25, 0.3) is 0 Å². The van der Waals surface area contributed by atoms with Gasteiger partial charge in [0.05, 0.1) is 19.4 Å². The number of pyridine rings is 1. The first-order valence-corrected chi connectivity index (χ1v) is 7.64. The standard InChI is InChI=1S/C17H20N2O3/c1-3-22-17(20)13-10-18-16-12(8-5-9-14(16)21-2)15(13)19-11-6-4-7-11/h5,8-11H,3-4,6-7H2,1-2H3,(H,18,19). The number of rotatable bonds is 5. The lowest BCUT2D eigenvalue weighted by molar-refractivity contribution is 0.0527. The van der Waals surface area contributed by atoms with E-state index in [-0.39, 0.29) is 5.97 Å². The number of anilines is 1. The number of para-hydroxylation sites is 1. The maximum Gasteiger partial charge on any atom is 0.341 e. The first-order valence-electron chi connectivity index (χ1n) is 7.64. The molecular formula is C17H20N2O3. The van der Waals surface area contributed by atoms with Gasteiger partial charge in [-0.15, -0.1) is 0 Å². The number of fused-ring (bicyclic) bond motifs is 1. The first kappa shape index (κ1) is 14.6. The Morgan fingerprint density at radius 3 is 2.86 bits per heavy atom. The molecule has 2 aromatic rings. The lowest BCUT2D eigenvalue weighted by Crippen LogP contribution is -2.28. The Bertz CT molecular complexity index is 696. The van der Waals surface area contributed by atoms with Crippen molar-refractivity contribution in [1.29, 1.82) is 0 Å². The van der Waals surface area contributed by atoms with Crippen molar-refractivity contribution in [2.45, 2.75) is 32.2 Å². The van der Waals surface area contributed by atoms with E-state index in [2.05, 4.69) is 10.3 Å². The van der Waals surface area contributed by atoms with Crippen molar-refractivity contribution < 1.29 is 14.3 Å². The topological polar surface area (TPSA) is 60.5 Å². The minimum atomic E-state index is -0.346. The number of hydrogen-bond donors (Lipinski definition) is 1. The maximum absolute atomic E-state index is 12.2. The number of aromatic nitrogens is 1. The van der Waals surface area contributed by atoms with Crippen LogP contribution in [0.2, 0.25) is 0 Å². The number of hydrogen-bond acceptors (Lipinski definition) is 5. The summed E-state index contributed by atoms with van der Waals surface area (Å²) in [4.78, 5) is 16.6. The van der Waals surface area contributed by atoms with Crippen molar-refractivity contribution in [1.82, 2.24) is 4.98 Å². The van der Waals surface area contributed by atoms with Gasteiger partial charge in [-0.2, -0.15) is 0 Å². The molecule has 0 spiro atoms. The van der Waals surface area contributed by atoms with Crippen LogP contribution in [0.1, 0.15) is 36.5 Å². The van der Waals surface area contributed by atoms with Gasteiger partial charge >= 0.3 is 5.97 Å². The third kappa shape index (κ3) is 2.58. The van der Waals surface area contributed by atoms with Crippen LogP contribution in [0.5, 0.6) is 5.75 Å². The molecule has 1 fully saturated rings. The molecule has 5 heteroatoms. The summed E-state index contributed by atoms with van der Waals surface area (Å²) in [6, 6.07) is 6.13. The average Bonchev–Trinajstić information content (AvgIpc) is 2.50. The van der Waals surface area contributed by atoms with E-state index in [1.165, 1.54) is 6.42 Å². The summed E-state index contributed by atoms with van der Waals surface area (Å²) in [7, 11) is 1.62. The predicted octanol–water partition coefficient (Wildman–Crippen LogP) is 3.38. The summed E-state index contributed by atoms with van der Waals surface area (Å²) in [5.74, 6) is 0.353. The molecule has 1 aromatic heterocycles. The second-order valence-electron chi connectivity index (χ2n) is 5.40. The van der Waals surface area contributed by atoms with Crippen molar-refractivity contribution >= 4 is 22.6 Å². The molecule has 1 aliphatic rings. The van der Waals surface area contributed by atoms with Crippen molar-refractivity contribution in [2.75, 3.05) is 19.0 Å². The molecule has 0 unspecified atom stereocenters. The molecule has 0 atom stereocenters. The van der Waals surface area contributed by atoms with E-state index in [9.17, 15) is 4.79 Å². The Balaban J connectivity index is 2.13. The predicted molar refractivity (Wildman–Crippen MR) is 85.5 cm³/mol. The largest absolute Gasteiger partial charge is 0.494 e. The van der Waals surface area contributed by atoms with Gasteiger partial charge in [0, 0.05) is 17.6 Å². The number of esters is 1. The number of ether oxygens (including phenoxy) is 2. The Hall–Kier alpha value is -2.30. The molecule has 22 heavy (non-hydrogen) atoms. The third-order valence-corrected chi connectivity index (χ3v) is 4.03. The molecule has 3 rings (SSSR count). The highest BCUT2D eigenvalue weighted by Crippen LogP contribution is 2.34. The van der Waals surface area contributed by atoms with Gasteiger partial charge in [0.15, 0.2) is 0 Å². The van der Waals surface area contributed by atoms with E-state index < -0.39 is 0 Å². The molecule has 1 aliphatic carbocycles. The zero-order chi connectivity index (χ0) is 15.5. The quantitative estimate of drug-likeness (QED) is 0.858. The molecule has 1 saturated carbocycles. The van der Waals surface area contributed by atoms with Gasteiger partial charge in [-0.25, -0.2) is 4.79 Å². The number of nitrogens with zero attached hydrogens (tertiary/aromatic N) is 1. The van der Waals surface area contributed by atoms with Crippen LogP contribution >= 0.6 is 0 Å². The molecule has 1 aromatic carbocycles. The molecule has 0 bridgehead atoms. The third-order valence-electron chi connectivity index (χ3n) is 4.03. The van der Waals surface area contributed by atoms with Crippen molar-refractivity contribution in [3.8, 4) is 5.75 Å². The molecule has 1 heterocycles. The molecular weight excluding hydrogens is 280 g/mol. The highest BCUT2D eigenvalue weighted by Gasteiger charge is 2.23. The van der Waals surface area contributed by atoms with Gasteiger partial charge in [0.2, 0.25) is 0 Å². The van der Waals surface area contributed by atoms with Crippen molar-refractivity contribution in [2.24, 2.45) is 0 Å². The lowest BCUT2D eigenvalue weighted by atomic mass is 9.92. The average molecular weight is 300 g/mol. The Kier molecular flexibility index (Phi) is 4.13. The van der Waals surface area contributed by atoms with E-state index >= 15 is 0 Å². The number of nitrogens with one attached hydrogen (secondary N) is 1. The van der Waals surface area contributed by atoms with Crippen LogP contribution in [-0.2, 0) is 4.74 Å². The SMILES string of the molecule is CCOC(=O)c1cnc2c(OC)cccc2c1NC1CCC1. The van der Waals surface area contributed by atoms with Crippen LogP contribution in [0.25, 0.3) is 10.9 Å². The molecule has 0 saturated heterocycles. The summed E-state index contributed by atoms with van der Waals surface area (Å²) in [6.45, 7) is 2.15. The fourth-order valence-corrected chi connectivity index (χ4v) is 2.64. The van der Waals surface area contributed by atoms with Crippen molar-refractivity contribution in [3.63, 3.8) is 0 Å². The first-order chi connectivity index (χ1) is 10.7. The molecule has 0 aliphatic heterocycles. The van der Waals surface area contributed by atoms with Crippen LogP contribution in [0, 0.1) is 0 Å². The van der Waals surface area contributed by atoms with Crippen LogP contribution in [0.4, 0.5) is 5.69 Å². The summed E-state index contributed by atoms with van der Waals surface area (Å²) in [5, 5.41) is 4.37. The van der Waals surface area contributed by atoms with Gasteiger partial charge in [-0.3, -0.25) is 4.98 Å². The zero-order valence-electron chi connectivity index (χ0n) is 12.9. The lowest BCUT2D eigenvalue weighted by Gasteiger charge is -2.29. The van der Waals surface area contributed by atoms with Gasteiger partial charge in [0.1, 0.15) is 16.8 Å². The number of benzene rings is 1. The number of carbonyl (C=O) groups excluding carboxylic acids is 1. The molecule has 1 N–H and O–H groups in total. The summed E-state index contributed by atoms with van der Waals surface area (Å²) in [5.41, 5.74) is 2.03. The normalized spacial score (nSPS) is 14.5. The van der Waals surface area contributed by atoms with Gasteiger partial charge in [-0.05, 0) is 32.3 Å². The fraction of sp³-hybridized carbons (Fsp3) is 0.412. The highest BCUT2D eigenvalue weighted by atomic mass is 16.5. The van der Waals surface area contributed by atoms with E-state index in [1.54, 1.807) is 20.2 Å². The number of carbonyl (C=O) groups is 1. The van der Waals surface area contributed by atoms with Crippen LogP contribution in [0.3, 0.4) is 0 Å². The Labute approximate surface area is 129 Å². The van der Waals surface area contributed by atoms with Gasteiger partial charge < -0.3 is 14.8 Å². The second kappa shape index (κ2) is 6.22. The Morgan fingerprint density at radius 2 is 2.23 bits per heavy atom. The molecule has 116 valence electrons. The second-order valence-corrected chi connectivity index (χ2v) is 5.40. The monoisotopic (exact) mass is 300 g/mol. The van der Waals surface area contributed by atoms with Crippen molar-refractivity contribution in [3.05, 3.63) is 30.0 Å². The zero-order valence-corrected chi connectivity index (χ0v) is 12.9. The fourth-order valence-electron chi connectivity index (χ4n) is 2.64. The summed E-state index contributed by atoms with van der Waals surface area (Å²) < 4.78 is 10.5. The minimum absolute atomic E-state index is 0.345. The molecule has 5 nitrogen and oxygen atoms in total. The van der Waals surface area contributed by atoms with E-state index in [4.69, 9.17) is 9.47 Å². The van der Waals surface area contributed by atoms with E-state index in [0.29, 0.717) is 24.0 Å². The Morgan fingerprint density at radius 1 is 1.41 bits per heavy atom. The molecule has 0 amide bonds. The smallest absolute Gasteiger partial charge is 0.341 e. The summed E-state index contributed by atoms with van der Waals surface area (Å²) in [6.07, 6.45) is 5.04. The van der Waals surface area contributed by atoms with E-state index in [0.717, 1.165) is 29.4 Å². The van der Waals surface area contributed by atoms with Crippen LogP contribution < -0.4 is 10.1 Å². The van der Waals surface area contributed by atoms with E-state index in [1.807, 2.05) is 18.2 Å². The minimum Gasteiger partial charge on any atom is -0.494 e. The van der Waals surface area contributed by atoms with Crippen LogP contribution in [-0.4, -0.2) is 30.7 Å². The number of methoxy groups -OCH3 is 1. The molecule has 0 radical (unpaired) electrons. The highest BCUT2D eigenvalue weighted by molar-refractivity contribution is 6.06.